The van der Waals surface area contributed by atoms with Gasteiger partial charge >= 0.3 is 0 Å². The normalized spacial score (nSPS) is 11.0. The molecule has 0 aliphatic carbocycles. The van der Waals surface area contributed by atoms with E-state index in [-0.39, 0.29) is 11.3 Å². The fraction of sp³-hybridized carbons (Fsp3) is 0.273. The van der Waals surface area contributed by atoms with Crippen molar-refractivity contribution >= 4 is 0 Å². The molecule has 2 aromatic rings. The van der Waals surface area contributed by atoms with Crippen LogP contribution in [-0.4, -0.2) is 6.61 Å². The van der Waals surface area contributed by atoms with Gasteiger partial charge in [-0.3, -0.25) is 0 Å². The third-order valence-corrected chi connectivity index (χ3v) is 3.92. The van der Waals surface area contributed by atoms with Crippen LogP contribution in [0.3, 0.4) is 0 Å². The van der Waals surface area contributed by atoms with E-state index in [0.717, 1.165) is 25.7 Å². The van der Waals surface area contributed by atoms with Gasteiger partial charge in [0, 0.05) is 5.56 Å². The Hall–Kier alpha value is -2.42. The molecule has 0 radical (unpaired) electrons. The van der Waals surface area contributed by atoms with E-state index in [1.165, 1.54) is 11.6 Å². The molecule has 25 heavy (non-hydrogen) atoms. The fourth-order valence-electron chi connectivity index (χ4n) is 2.57. The minimum absolute atomic E-state index is 0.0522. The third-order valence-electron chi connectivity index (χ3n) is 3.92. The van der Waals surface area contributed by atoms with E-state index in [1.54, 1.807) is 13.0 Å². The number of hydrogen-bond donors (Lipinski definition) is 0. The summed E-state index contributed by atoms with van der Waals surface area (Å²) in [6, 6.07) is 10.6. The van der Waals surface area contributed by atoms with Gasteiger partial charge in [0.15, 0.2) is 11.6 Å². The Bertz CT molecular complexity index is 718. The van der Waals surface area contributed by atoms with Gasteiger partial charge in [-0.2, -0.15) is 4.39 Å². The van der Waals surface area contributed by atoms with Gasteiger partial charge in [-0.25, -0.2) is 4.39 Å². The topological polar surface area (TPSA) is 9.23 Å². The van der Waals surface area contributed by atoms with Crippen LogP contribution in [0, 0.1) is 11.6 Å². The lowest BCUT2D eigenvalue weighted by molar-refractivity contribution is 0.314. The van der Waals surface area contributed by atoms with Crippen molar-refractivity contribution in [2.24, 2.45) is 0 Å². The maximum absolute atomic E-state index is 14.3. The highest BCUT2D eigenvalue weighted by atomic mass is 19.2. The summed E-state index contributed by atoms with van der Waals surface area (Å²) in [5, 5.41) is 0. The third kappa shape index (κ3) is 5.28. The standard InChI is InChI=1S/C22H24F2O/c1-3-5-6-7-8-9-10-17-11-13-18(14-12-17)19-15-16-20(25-4-2)22(24)21(19)23/h3,7-8,11-16H,1,4-6,9-10H2,2H3. The molecule has 2 rings (SSSR count). The second kappa shape index (κ2) is 9.77. The Kier molecular flexibility index (Phi) is 7.39. The summed E-state index contributed by atoms with van der Waals surface area (Å²) >= 11 is 0. The number of benzene rings is 2. The van der Waals surface area contributed by atoms with Crippen molar-refractivity contribution in [2.75, 3.05) is 6.61 Å². The molecule has 0 saturated heterocycles. The van der Waals surface area contributed by atoms with Crippen LogP contribution in [0.1, 0.15) is 31.7 Å². The van der Waals surface area contributed by atoms with Crippen LogP contribution >= 0.6 is 0 Å². The highest BCUT2D eigenvalue weighted by Gasteiger charge is 2.15. The second-order valence-electron chi connectivity index (χ2n) is 5.75. The van der Waals surface area contributed by atoms with Crippen LogP contribution in [0.5, 0.6) is 5.75 Å². The first kappa shape index (κ1) is 18.9. The minimum atomic E-state index is -0.937. The molecule has 0 saturated carbocycles. The number of aryl methyl sites for hydroxylation is 1. The molecule has 2 aromatic carbocycles. The lowest BCUT2D eigenvalue weighted by Gasteiger charge is -2.09. The summed E-state index contributed by atoms with van der Waals surface area (Å²) in [6.07, 6.45) is 10.1. The van der Waals surface area contributed by atoms with Crippen LogP contribution in [0.25, 0.3) is 11.1 Å². The predicted molar refractivity (Wildman–Crippen MR) is 99.9 cm³/mol. The zero-order chi connectivity index (χ0) is 18.1. The zero-order valence-corrected chi connectivity index (χ0v) is 14.6. The molecule has 0 N–H and O–H groups in total. The molecule has 0 heterocycles. The quantitative estimate of drug-likeness (QED) is 0.374. The highest BCUT2D eigenvalue weighted by molar-refractivity contribution is 5.65. The highest BCUT2D eigenvalue weighted by Crippen LogP contribution is 2.30. The number of unbranched alkanes of at least 4 members (excludes halogenated alkanes) is 1. The van der Waals surface area contributed by atoms with Crippen molar-refractivity contribution in [3.8, 4) is 16.9 Å². The van der Waals surface area contributed by atoms with Crippen LogP contribution in [0.2, 0.25) is 0 Å². The van der Waals surface area contributed by atoms with Crippen LogP contribution < -0.4 is 4.74 Å². The predicted octanol–water partition coefficient (Wildman–Crippen LogP) is 6.49. The van der Waals surface area contributed by atoms with Crippen LogP contribution in [-0.2, 0) is 6.42 Å². The maximum atomic E-state index is 14.3. The summed E-state index contributed by atoms with van der Waals surface area (Å²) in [4.78, 5) is 0. The van der Waals surface area contributed by atoms with E-state index < -0.39 is 11.6 Å². The van der Waals surface area contributed by atoms with Crippen LogP contribution in [0.15, 0.2) is 61.2 Å². The van der Waals surface area contributed by atoms with E-state index >= 15 is 0 Å². The Balaban J connectivity index is 2.03. The molecule has 1 nitrogen and oxygen atoms in total. The molecule has 0 bridgehead atoms. The number of hydrogen-bond acceptors (Lipinski definition) is 1. The van der Waals surface area contributed by atoms with Crippen molar-refractivity contribution in [2.45, 2.75) is 32.6 Å². The van der Waals surface area contributed by atoms with Crippen molar-refractivity contribution < 1.29 is 13.5 Å². The average molecular weight is 342 g/mol. The number of allylic oxidation sites excluding steroid dienone is 3. The van der Waals surface area contributed by atoms with Gasteiger partial charge < -0.3 is 4.74 Å². The largest absolute Gasteiger partial charge is 0.491 e. The molecule has 0 atom stereocenters. The molecule has 0 aliphatic rings. The molecule has 0 spiro atoms. The SMILES string of the molecule is C=CCCC=CCCc1ccc(-c2ccc(OCC)c(F)c2F)cc1. The molecule has 0 aromatic heterocycles. The van der Waals surface area contributed by atoms with Crippen molar-refractivity contribution in [1.82, 2.24) is 0 Å². The van der Waals surface area contributed by atoms with Crippen molar-refractivity contribution in [3.05, 3.63) is 78.4 Å². The van der Waals surface area contributed by atoms with E-state index in [4.69, 9.17) is 4.74 Å². The summed E-state index contributed by atoms with van der Waals surface area (Å²) in [7, 11) is 0. The Morgan fingerprint density at radius 1 is 0.920 bits per heavy atom. The molecule has 3 heteroatoms. The Morgan fingerprint density at radius 2 is 1.64 bits per heavy atom. The lowest BCUT2D eigenvalue weighted by Crippen LogP contribution is -1.98. The van der Waals surface area contributed by atoms with Crippen molar-refractivity contribution in [3.63, 3.8) is 0 Å². The molecule has 132 valence electrons. The Labute approximate surface area is 148 Å². The number of rotatable bonds is 9. The lowest BCUT2D eigenvalue weighted by atomic mass is 10.0. The van der Waals surface area contributed by atoms with Crippen LogP contribution in [0.4, 0.5) is 8.78 Å². The minimum Gasteiger partial charge on any atom is -0.491 e. The van der Waals surface area contributed by atoms with Gasteiger partial charge in [-0.1, -0.05) is 42.5 Å². The van der Waals surface area contributed by atoms with Gasteiger partial charge in [0.2, 0.25) is 5.82 Å². The van der Waals surface area contributed by atoms with E-state index in [0.29, 0.717) is 12.2 Å². The molecule has 0 amide bonds. The van der Waals surface area contributed by atoms with E-state index in [1.807, 2.05) is 30.3 Å². The van der Waals surface area contributed by atoms with E-state index in [9.17, 15) is 8.78 Å². The monoisotopic (exact) mass is 342 g/mol. The van der Waals surface area contributed by atoms with Crippen molar-refractivity contribution in [1.29, 1.82) is 0 Å². The average Bonchev–Trinajstić information content (AvgIpc) is 2.63. The van der Waals surface area contributed by atoms with Gasteiger partial charge in [-0.15, -0.1) is 6.58 Å². The fourth-order valence-corrected chi connectivity index (χ4v) is 2.57. The zero-order valence-electron chi connectivity index (χ0n) is 14.6. The Morgan fingerprint density at radius 3 is 2.32 bits per heavy atom. The second-order valence-corrected chi connectivity index (χ2v) is 5.75. The van der Waals surface area contributed by atoms with Gasteiger partial charge in [0.05, 0.1) is 6.61 Å². The summed E-state index contributed by atoms with van der Waals surface area (Å²) in [5.41, 5.74) is 2.07. The van der Waals surface area contributed by atoms with E-state index in [2.05, 4.69) is 18.7 Å². The number of ether oxygens (including phenoxy) is 1. The molecular weight excluding hydrogens is 318 g/mol. The first-order chi connectivity index (χ1) is 12.2. The smallest absolute Gasteiger partial charge is 0.201 e. The van der Waals surface area contributed by atoms with Gasteiger partial charge in [0.1, 0.15) is 0 Å². The molecular formula is C22H24F2O. The molecule has 0 fully saturated rings. The molecule has 0 unspecified atom stereocenters. The molecule has 0 aliphatic heterocycles. The summed E-state index contributed by atoms with van der Waals surface area (Å²) < 4.78 is 33.3. The van der Waals surface area contributed by atoms with Gasteiger partial charge in [0.25, 0.3) is 0 Å². The maximum Gasteiger partial charge on any atom is 0.201 e. The first-order valence-corrected chi connectivity index (χ1v) is 8.63. The summed E-state index contributed by atoms with van der Waals surface area (Å²) in [5.74, 6) is -1.86. The summed E-state index contributed by atoms with van der Waals surface area (Å²) in [6.45, 7) is 5.73. The first-order valence-electron chi connectivity index (χ1n) is 8.63. The number of halogens is 2. The van der Waals surface area contributed by atoms with Gasteiger partial charge in [-0.05, 0) is 55.9 Å².